The van der Waals surface area contributed by atoms with Crippen LogP contribution in [0.1, 0.15) is 25.6 Å². The van der Waals surface area contributed by atoms with Crippen molar-refractivity contribution in [2.75, 3.05) is 0 Å². The number of hydrogen-bond acceptors (Lipinski definition) is 3. The van der Waals surface area contributed by atoms with E-state index < -0.39 is 11.6 Å². The standard InChI is InChI=1S/C12H15ClN2O2S/c1-7-10(16)14-12(2,3)11(17)15(7)6-8-4-5-9(13)18-8/h4-5,7H,6H2,1-3H3,(H,14,16). The molecule has 1 N–H and O–H groups in total. The fourth-order valence-electron chi connectivity index (χ4n) is 1.96. The quantitative estimate of drug-likeness (QED) is 0.904. The summed E-state index contributed by atoms with van der Waals surface area (Å²) in [4.78, 5) is 26.7. The zero-order valence-corrected chi connectivity index (χ0v) is 12.1. The Balaban J connectivity index is 2.23. The van der Waals surface area contributed by atoms with Crippen LogP contribution < -0.4 is 5.32 Å². The van der Waals surface area contributed by atoms with Crippen molar-refractivity contribution in [2.45, 2.75) is 38.9 Å². The van der Waals surface area contributed by atoms with Crippen LogP contribution in [0.4, 0.5) is 0 Å². The summed E-state index contributed by atoms with van der Waals surface area (Å²) < 4.78 is 0.686. The molecule has 1 aliphatic heterocycles. The second kappa shape index (κ2) is 4.55. The van der Waals surface area contributed by atoms with Crippen LogP contribution in [0.25, 0.3) is 0 Å². The van der Waals surface area contributed by atoms with Gasteiger partial charge in [0.2, 0.25) is 11.8 Å². The molecule has 4 nitrogen and oxygen atoms in total. The Morgan fingerprint density at radius 2 is 2.11 bits per heavy atom. The number of piperazine rings is 1. The van der Waals surface area contributed by atoms with Gasteiger partial charge in [0.05, 0.1) is 10.9 Å². The summed E-state index contributed by atoms with van der Waals surface area (Å²) in [7, 11) is 0. The number of nitrogens with zero attached hydrogens (tertiary/aromatic N) is 1. The average Bonchev–Trinajstić information content (AvgIpc) is 2.67. The Bertz CT molecular complexity index is 498. The third-order valence-corrected chi connectivity index (χ3v) is 4.25. The highest BCUT2D eigenvalue weighted by Gasteiger charge is 2.43. The first-order valence-corrected chi connectivity index (χ1v) is 6.88. The van der Waals surface area contributed by atoms with Crippen molar-refractivity contribution < 1.29 is 9.59 Å². The van der Waals surface area contributed by atoms with E-state index in [0.29, 0.717) is 10.9 Å². The van der Waals surface area contributed by atoms with Gasteiger partial charge in [-0.15, -0.1) is 11.3 Å². The van der Waals surface area contributed by atoms with Crippen LogP contribution in [0.5, 0.6) is 0 Å². The van der Waals surface area contributed by atoms with Gasteiger partial charge in [0.1, 0.15) is 11.6 Å². The monoisotopic (exact) mass is 286 g/mol. The molecule has 2 rings (SSSR count). The van der Waals surface area contributed by atoms with E-state index in [-0.39, 0.29) is 11.8 Å². The van der Waals surface area contributed by atoms with Crippen molar-refractivity contribution in [3.8, 4) is 0 Å². The van der Waals surface area contributed by atoms with E-state index in [1.807, 2.05) is 6.07 Å². The van der Waals surface area contributed by atoms with Crippen LogP contribution in [0.15, 0.2) is 12.1 Å². The van der Waals surface area contributed by atoms with E-state index in [9.17, 15) is 9.59 Å². The Kier molecular flexibility index (Phi) is 3.38. The Labute approximate surface area is 115 Å². The van der Waals surface area contributed by atoms with Crippen molar-refractivity contribution in [1.82, 2.24) is 10.2 Å². The maximum atomic E-state index is 12.3. The van der Waals surface area contributed by atoms with Crippen LogP contribution in [-0.4, -0.2) is 28.3 Å². The molecule has 0 spiro atoms. The number of halogens is 1. The molecule has 2 amide bonds. The molecule has 1 fully saturated rings. The van der Waals surface area contributed by atoms with E-state index >= 15 is 0 Å². The summed E-state index contributed by atoms with van der Waals surface area (Å²) in [6.07, 6.45) is 0. The van der Waals surface area contributed by atoms with Crippen molar-refractivity contribution in [3.63, 3.8) is 0 Å². The number of carbonyl (C=O) groups excluding carboxylic acids is 2. The molecule has 0 aliphatic carbocycles. The molecular formula is C12H15ClN2O2S. The first-order chi connectivity index (χ1) is 8.31. The van der Waals surface area contributed by atoms with E-state index in [0.717, 1.165) is 4.88 Å². The van der Waals surface area contributed by atoms with Crippen LogP contribution in [0.3, 0.4) is 0 Å². The molecule has 1 saturated heterocycles. The van der Waals surface area contributed by atoms with E-state index in [1.54, 1.807) is 31.7 Å². The summed E-state index contributed by atoms with van der Waals surface area (Å²) in [5.41, 5.74) is -0.843. The predicted octanol–water partition coefficient (Wildman–Crippen LogP) is 2.03. The van der Waals surface area contributed by atoms with E-state index in [2.05, 4.69) is 5.32 Å². The molecule has 0 bridgehead atoms. The highest BCUT2D eigenvalue weighted by molar-refractivity contribution is 7.16. The van der Waals surface area contributed by atoms with Gasteiger partial charge in [0, 0.05) is 4.88 Å². The topological polar surface area (TPSA) is 49.4 Å². The van der Waals surface area contributed by atoms with Gasteiger partial charge in [-0.25, -0.2) is 0 Å². The third kappa shape index (κ3) is 2.37. The molecule has 18 heavy (non-hydrogen) atoms. The predicted molar refractivity (Wildman–Crippen MR) is 71.6 cm³/mol. The fourth-order valence-corrected chi connectivity index (χ4v) is 3.04. The highest BCUT2D eigenvalue weighted by Crippen LogP contribution is 2.26. The lowest BCUT2D eigenvalue weighted by molar-refractivity contribution is -0.153. The molecule has 6 heteroatoms. The van der Waals surface area contributed by atoms with Crippen molar-refractivity contribution in [2.24, 2.45) is 0 Å². The largest absolute Gasteiger partial charge is 0.340 e. The van der Waals surface area contributed by atoms with Crippen molar-refractivity contribution in [3.05, 3.63) is 21.3 Å². The number of carbonyl (C=O) groups is 2. The molecule has 1 aliphatic rings. The summed E-state index contributed by atoms with van der Waals surface area (Å²) >= 11 is 7.30. The Hall–Kier alpha value is -1.07. The van der Waals surface area contributed by atoms with Gasteiger partial charge in [0.15, 0.2) is 0 Å². The molecule has 1 unspecified atom stereocenters. The molecule has 1 aromatic rings. The Morgan fingerprint density at radius 3 is 2.67 bits per heavy atom. The minimum atomic E-state index is -0.843. The lowest BCUT2D eigenvalue weighted by atomic mass is 9.97. The first-order valence-electron chi connectivity index (χ1n) is 5.68. The molecule has 98 valence electrons. The minimum Gasteiger partial charge on any atom is -0.340 e. The average molecular weight is 287 g/mol. The van der Waals surface area contributed by atoms with Gasteiger partial charge < -0.3 is 10.2 Å². The molecule has 1 atom stereocenters. The normalized spacial score (nSPS) is 23.1. The molecule has 1 aromatic heterocycles. The van der Waals surface area contributed by atoms with Gasteiger partial charge in [-0.1, -0.05) is 11.6 Å². The van der Waals surface area contributed by atoms with Gasteiger partial charge in [0.25, 0.3) is 0 Å². The molecule has 0 saturated carbocycles. The Morgan fingerprint density at radius 1 is 1.44 bits per heavy atom. The van der Waals surface area contributed by atoms with E-state index in [1.165, 1.54) is 11.3 Å². The number of hydrogen-bond donors (Lipinski definition) is 1. The fraction of sp³-hybridized carbons (Fsp3) is 0.500. The van der Waals surface area contributed by atoms with Gasteiger partial charge >= 0.3 is 0 Å². The number of nitrogens with one attached hydrogen (secondary N) is 1. The molecule has 0 aromatic carbocycles. The third-order valence-electron chi connectivity index (χ3n) is 3.03. The SMILES string of the molecule is CC1C(=O)NC(C)(C)C(=O)N1Cc1ccc(Cl)s1. The second-order valence-corrected chi connectivity index (χ2v) is 6.73. The van der Waals surface area contributed by atoms with Crippen LogP contribution in [-0.2, 0) is 16.1 Å². The summed E-state index contributed by atoms with van der Waals surface area (Å²) in [6.45, 7) is 5.59. The lowest BCUT2D eigenvalue weighted by Gasteiger charge is -2.41. The highest BCUT2D eigenvalue weighted by atomic mass is 35.5. The number of thiophene rings is 1. The second-order valence-electron chi connectivity index (χ2n) is 4.93. The number of amides is 2. The smallest absolute Gasteiger partial charge is 0.248 e. The first kappa shape index (κ1) is 13.4. The maximum Gasteiger partial charge on any atom is 0.248 e. The van der Waals surface area contributed by atoms with Crippen molar-refractivity contribution in [1.29, 1.82) is 0 Å². The zero-order chi connectivity index (χ0) is 13.5. The van der Waals surface area contributed by atoms with Gasteiger partial charge in [-0.05, 0) is 32.9 Å². The van der Waals surface area contributed by atoms with Crippen LogP contribution in [0.2, 0.25) is 4.34 Å². The van der Waals surface area contributed by atoms with E-state index in [4.69, 9.17) is 11.6 Å². The molecule has 2 heterocycles. The summed E-state index contributed by atoms with van der Waals surface area (Å²) in [5.74, 6) is -0.193. The van der Waals surface area contributed by atoms with Crippen molar-refractivity contribution >= 4 is 34.8 Å². The summed E-state index contributed by atoms with van der Waals surface area (Å²) in [5, 5.41) is 2.72. The van der Waals surface area contributed by atoms with Crippen LogP contribution in [0, 0.1) is 0 Å². The molecular weight excluding hydrogens is 272 g/mol. The zero-order valence-electron chi connectivity index (χ0n) is 10.5. The van der Waals surface area contributed by atoms with Gasteiger partial charge in [-0.2, -0.15) is 0 Å². The van der Waals surface area contributed by atoms with Gasteiger partial charge in [-0.3, -0.25) is 9.59 Å². The molecule has 0 radical (unpaired) electrons. The summed E-state index contributed by atoms with van der Waals surface area (Å²) in [6, 6.07) is 3.23. The van der Waals surface area contributed by atoms with Crippen LogP contribution >= 0.6 is 22.9 Å². The lowest BCUT2D eigenvalue weighted by Crippen LogP contribution is -2.66. The maximum absolute atomic E-state index is 12.3. The minimum absolute atomic E-state index is 0.0703. The number of rotatable bonds is 2.